The summed E-state index contributed by atoms with van der Waals surface area (Å²) in [7, 11) is 1.39. The second-order valence-electron chi connectivity index (χ2n) is 6.74. The van der Waals surface area contributed by atoms with Gasteiger partial charge in [-0.3, -0.25) is 0 Å². The van der Waals surface area contributed by atoms with Crippen molar-refractivity contribution in [1.29, 1.82) is 0 Å². The van der Waals surface area contributed by atoms with E-state index in [4.69, 9.17) is 4.74 Å². The van der Waals surface area contributed by atoms with Crippen LogP contribution in [0.2, 0.25) is 0 Å². The fraction of sp³-hybridized carbons (Fsp3) is 0.130. The lowest BCUT2D eigenvalue weighted by Gasteiger charge is -2.16. The molecule has 0 aliphatic heterocycles. The number of ether oxygens (including phenoxy) is 1. The fourth-order valence-corrected chi connectivity index (χ4v) is 2.89. The lowest BCUT2D eigenvalue weighted by Crippen LogP contribution is -2.31. The Morgan fingerprint density at radius 1 is 0.806 bits per heavy atom. The molecule has 1 atom stereocenters. The Morgan fingerprint density at radius 3 is 2.06 bits per heavy atom. The van der Waals surface area contributed by atoms with Crippen molar-refractivity contribution in [2.75, 3.05) is 23.1 Å². The number of para-hydroxylation sites is 1. The van der Waals surface area contributed by atoms with Gasteiger partial charge >= 0.3 is 12.1 Å². The van der Waals surface area contributed by atoms with E-state index in [2.05, 4.69) is 21.3 Å². The molecule has 0 aromatic heterocycles. The SMILES string of the molecule is COc1ccc([C@@H](C)NC(=O)Nc2cccc(NC(=O)Nc3ccccc3)c2)cc1F. The number of hydrogen-bond donors (Lipinski definition) is 4. The number of urea groups is 2. The van der Waals surface area contributed by atoms with Gasteiger partial charge < -0.3 is 26.0 Å². The van der Waals surface area contributed by atoms with Crippen LogP contribution in [0.3, 0.4) is 0 Å². The summed E-state index contributed by atoms with van der Waals surface area (Å²) in [6, 6.07) is 19.0. The maximum atomic E-state index is 13.9. The lowest BCUT2D eigenvalue weighted by molar-refractivity contribution is 0.249. The first-order valence-electron chi connectivity index (χ1n) is 9.58. The molecule has 0 unspecified atom stereocenters. The number of anilines is 3. The molecule has 0 heterocycles. The van der Waals surface area contributed by atoms with E-state index < -0.39 is 23.9 Å². The Hall–Kier alpha value is -4.07. The lowest BCUT2D eigenvalue weighted by atomic mass is 10.1. The zero-order valence-corrected chi connectivity index (χ0v) is 17.1. The van der Waals surface area contributed by atoms with Crippen LogP contribution in [0.15, 0.2) is 72.8 Å². The van der Waals surface area contributed by atoms with Crippen LogP contribution in [0.1, 0.15) is 18.5 Å². The first-order chi connectivity index (χ1) is 14.9. The highest BCUT2D eigenvalue weighted by Crippen LogP contribution is 2.22. The Balaban J connectivity index is 1.56. The van der Waals surface area contributed by atoms with Gasteiger partial charge in [0.25, 0.3) is 0 Å². The number of carbonyl (C=O) groups is 2. The van der Waals surface area contributed by atoms with Crippen molar-refractivity contribution >= 4 is 29.1 Å². The predicted molar refractivity (Wildman–Crippen MR) is 119 cm³/mol. The Labute approximate surface area is 179 Å². The predicted octanol–water partition coefficient (Wildman–Crippen LogP) is 5.36. The zero-order chi connectivity index (χ0) is 22.2. The highest BCUT2D eigenvalue weighted by Gasteiger charge is 2.13. The number of benzene rings is 3. The highest BCUT2D eigenvalue weighted by atomic mass is 19.1. The van der Waals surface area contributed by atoms with E-state index in [-0.39, 0.29) is 5.75 Å². The number of amides is 4. The number of halogens is 1. The van der Waals surface area contributed by atoms with Gasteiger partial charge in [0.1, 0.15) is 0 Å². The van der Waals surface area contributed by atoms with Crippen molar-refractivity contribution in [1.82, 2.24) is 5.32 Å². The molecule has 0 saturated carbocycles. The molecule has 4 N–H and O–H groups in total. The minimum Gasteiger partial charge on any atom is -0.494 e. The van der Waals surface area contributed by atoms with Crippen molar-refractivity contribution < 1.29 is 18.7 Å². The number of nitrogens with one attached hydrogen (secondary N) is 4. The van der Waals surface area contributed by atoms with Gasteiger partial charge in [-0.1, -0.05) is 30.3 Å². The molecule has 7 nitrogen and oxygen atoms in total. The molecule has 0 radical (unpaired) electrons. The molecule has 0 aliphatic rings. The number of rotatable bonds is 6. The van der Waals surface area contributed by atoms with Gasteiger partial charge in [0.15, 0.2) is 11.6 Å². The van der Waals surface area contributed by atoms with Crippen LogP contribution in [0.25, 0.3) is 0 Å². The van der Waals surface area contributed by atoms with E-state index >= 15 is 0 Å². The zero-order valence-electron chi connectivity index (χ0n) is 17.1. The number of carbonyl (C=O) groups excluding carboxylic acids is 2. The summed E-state index contributed by atoms with van der Waals surface area (Å²) in [5.74, 6) is -0.359. The van der Waals surface area contributed by atoms with Crippen molar-refractivity contribution in [2.24, 2.45) is 0 Å². The van der Waals surface area contributed by atoms with Gasteiger partial charge in [-0.15, -0.1) is 0 Å². The van der Waals surface area contributed by atoms with Crippen LogP contribution < -0.4 is 26.0 Å². The molecule has 0 fully saturated rings. The van der Waals surface area contributed by atoms with Crippen molar-refractivity contribution in [3.63, 3.8) is 0 Å². The van der Waals surface area contributed by atoms with Gasteiger partial charge in [0, 0.05) is 17.1 Å². The second kappa shape index (κ2) is 10.1. The third-order valence-corrected chi connectivity index (χ3v) is 4.43. The summed E-state index contributed by atoms with van der Waals surface area (Å²) < 4.78 is 18.8. The Kier molecular flexibility index (Phi) is 7.05. The summed E-state index contributed by atoms with van der Waals surface area (Å²) in [6.45, 7) is 1.74. The maximum Gasteiger partial charge on any atom is 0.323 e. The molecule has 3 rings (SSSR count). The average molecular weight is 422 g/mol. The van der Waals surface area contributed by atoms with E-state index in [1.165, 1.54) is 19.2 Å². The summed E-state index contributed by atoms with van der Waals surface area (Å²) >= 11 is 0. The standard InChI is InChI=1S/C23H23FN4O3/c1-15(16-11-12-21(31-2)20(24)13-16)25-22(29)27-18-9-6-10-19(14-18)28-23(30)26-17-7-4-3-5-8-17/h3-15H,1-2H3,(H2,25,27,29)(H2,26,28,30)/t15-/m1/s1. The molecule has 8 heteroatoms. The fourth-order valence-electron chi connectivity index (χ4n) is 2.89. The van der Waals surface area contributed by atoms with Gasteiger partial charge in [-0.2, -0.15) is 0 Å². The van der Waals surface area contributed by atoms with Gasteiger partial charge in [0.2, 0.25) is 0 Å². The van der Waals surface area contributed by atoms with Crippen molar-refractivity contribution in [2.45, 2.75) is 13.0 Å². The normalized spacial score (nSPS) is 11.2. The first-order valence-corrected chi connectivity index (χ1v) is 9.58. The molecule has 0 bridgehead atoms. The Morgan fingerprint density at radius 2 is 1.42 bits per heavy atom. The van der Waals surface area contributed by atoms with E-state index in [1.54, 1.807) is 49.4 Å². The van der Waals surface area contributed by atoms with Crippen LogP contribution in [-0.2, 0) is 0 Å². The van der Waals surface area contributed by atoms with E-state index in [0.717, 1.165) is 0 Å². The van der Waals surface area contributed by atoms with Crippen LogP contribution in [0.4, 0.5) is 31.0 Å². The smallest absolute Gasteiger partial charge is 0.323 e. The van der Waals surface area contributed by atoms with Crippen LogP contribution in [0.5, 0.6) is 5.75 Å². The van der Waals surface area contributed by atoms with Gasteiger partial charge in [-0.25, -0.2) is 14.0 Å². The van der Waals surface area contributed by atoms with Crippen LogP contribution in [0, 0.1) is 5.82 Å². The minimum absolute atomic E-state index is 0.140. The quantitative estimate of drug-likeness (QED) is 0.431. The van der Waals surface area contributed by atoms with Gasteiger partial charge in [-0.05, 0) is 55.0 Å². The number of methoxy groups -OCH3 is 1. The van der Waals surface area contributed by atoms with Crippen LogP contribution >= 0.6 is 0 Å². The highest BCUT2D eigenvalue weighted by molar-refractivity contribution is 6.00. The maximum absolute atomic E-state index is 13.9. The molecule has 0 saturated heterocycles. The largest absolute Gasteiger partial charge is 0.494 e. The topological polar surface area (TPSA) is 91.5 Å². The minimum atomic E-state index is -0.499. The van der Waals surface area contributed by atoms with Crippen molar-refractivity contribution in [3.8, 4) is 5.75 Å². The van der Waals surface area contributed by atoms with E-state index in [1.807, 2.05) is 18.2 Å². The summed E-state index contributed by atoms with van der Waals surface area (Å²) in [5.41, 5.74) is 2.26. The number of hydrogen-bond acceptors (Lipinski definition) is 3. The molecular formula is C23H23FN4O3. The van der Waals surface area contributed by atoms with E-state index in [0.29, 0.717) is 22.6 Å². The average Bonchev–Trinajstić information content (AvgIpc) is 2.74. The molecule has 0 aliphatic carbocycles. The first kappa shape index (κ1) is 21.6. The molecular weight excluding hydrogens is 399 g/mol. The van der Waals surface area contributed by atoms with E-state index in [9.17, 15) is 14.0 Å². The van der Waals surface area contributed by atoms with Crippen LogP contribution in [-0.4, -0.2) is 19.2 Å². The monoisotopic (exact) mass is 422 g/mol. The molecule has 3 aromatic rings. The molecule has 3 aromatic carbocycles. The summed E-state index contributed by atoms with van der Waals surface area (Å²) in [6.07, 6.45) is 0. The second-order valence-corrected chi connectivity index (χ2v) is 6.74. The molecule has 160 valence electrons. The molecule has 4 amide bonds. The Bertz CT molecular complexity index is 1060. The summed E-state index contributed by atoms with van der Waals surface area (Å²) in [5, 5.41) is 10.9. The molecule has 31 heavy (non-hydrogen) atoms. The van der Waals surface area contributed by atoms with Crippen molar-refractivity contribution in [3.05, 3.63) is 84.2 Å². The third-order valence-electron chi connectivity index (χ3n) is 4.43. The molecule has 0 spiro atoms. The van der Waals surface area contributed by atoms with Gasteiger partial charge in [0.05, 0.1) is 13.2 Å². The third kappa shape index (κ3) is 6.20. The summed E-state index contributed by atoms with van der Waals surface area (Å²) in [4.78, 5) is 24.5.